The fourth-order valence-electron chi connectivity index (χ4n) is 4.54. The molecule has 1 aliphatic heterocycles. The third-order valence-electron chi connectivity index (χ3n) is 6.99. The van der Waals surface area contributed by atoms with Gasteiger partial charge in [-0.1, -0.05) is 74.5 Å². The summed E-state index contributed by atoms with van der Waals surface area (Å²) in [5, 5.41) is 13.8. The number of nitrogens with one attached hydrogen (secondary N) is 3. The Bertz CT molecular complexity index is 1770. The normalized spacial score (nSPS) is 12.9. The average molecular weight is 632 g/mol. The first-order chi connectivity index (χ1) is 22.2. The first kappa shape index (κ1) is 31.9. The van der Waals surface area contributed by atoms with Gasteiger partial charge in [0, 0.05) is 16.1 Å². The maximum absolute atomic E-state index is 13.4. The van der Waals surface area contributed by atoms with Crippen LogP contribution in [0.4, 0.5) is 11.4 Å². The van der Waals surface area contributed by atoms with Gasteiger partial charge in [-0.3, -0.25) is 19.2 Å². The summed E-state index contributed by atoms with van der Waals surface area (Å²) in [7, 11) is 0. The van der Waals surface area contributed by atoms with E-state index in [1.165, 1.54) is 22.3 Å². The molecule has 0 spiro atoms. The molecule has 0 unspecified atom stereocenters. The fraction of sp³-hybridized carbons (Fsp3) is 0.139. The summed E-state index contributed by atoms with van der Waals surface area (Å²) in [6.07, 6.45) is 1.66. The lowest BCUT2D eigenvalue weighted by Crippen LogP contribution is -2.31. The van der Waals surface area contributed by atoms with Crippen LogP contribution in [0.25, 0.3) is 6.08 Å². The van der Waals surface area contributed by atoms with Gasteiger partial charge in [0.1, 0.15) is 11.5 Å². The first-order valence-electron chi connectivity index (χ1n) is 14.7. The zero-order valence-electron chi connectivity index (χ0n) is 25.4. The number of carbonyl (C=O) groups excluding carboxylic acids is 4. The smallest absolute Gasteiger partial charge is 0.272 e. The van der Waals surface area contributed by atoms with Crippen molar-refractivity contribution >= 4 is 58.7 Å². The van der Waals surface area contributed by atoms with Crippen LogP contribution in [0.5, 0.6) is 0 Å². The standard InChI is InChI=1S/C36H33N5O4S/c1-24(2)26-15-13-25(14-16-26)21-31(38-35(44)27-9-5-3-6-10-27)36(45)37-28-17-19-30(20-18-28)46-23-33(42)39-32-22-34(43)41(40-32)29-11-7-4-8-12-29/h3-21,24H,22-23H2,1-2H3,(H,37,45)(H,38,44)(H,39,40,42)/b31-21-. The molecule has 4 amide bonds. The Hall–Kier alpha value is -5.48. The summed E-state index contributed by atoms with van der Waals surface area (Å²) in [6.45, 7) is 4.22. The summed E-state index contributed by atoms with van der Waals surface area (Å²) >= 11 is 1.31. The number of carbonyl (C=O) groups is 4. The van der Waals surface area contributed by atoms with E-state index >= 15 is 0 Å². The Morgan fingerprint density at radius 1 is 0.848 bits per heavy atom. The molecule has 3 N–H and O–H groups in total. The highest BCUT2D eigenvalue weighted by atomic mass is 32.2. The minimum atomic E-state index is -0.478. The predicted octanol–water partition coefficient (Wildman–Crippen LogP) is 6.18. The van der Waals surface area contributed by atoms with Crippen molar-refractivity contribution in [3.63, 3.8) is 0 Å². The largest absolute Gasteiger partial charge is 0.321 e. The highest BCUT2D eigenvalue weighted by molar-refractivity contribution is 8.00. The summed E-state index contributed by atoms with van der Waals surface area (Å²) < 4.78 is 0. The molecule has 5 rings (SSSR count). The van der Waals surface area contributed by atoms with Crippen LogP contribution in [0.2, 0.25) is 0 Å². The van der Waals surface area contributed by atoms with Gasteiger partial charge in [-0.2, -0.15) is 10.1 Å². The molecule has 1 aliphatic rings. The van der Waals surface area contributed by atoms with Crippen LogP contribution < -0.4 is 21.0 Å². The number of para-hydroxylation sites is 1. The highest BCUT2D eigenvalue weighted by Crippen LogP contribution is 2.22. The van der Waals surface area contributed by atoms with E-state index in [9.17, 15) is 19.2 Å². The van der Waals surface area contributed by atoms with E-state index in [0.717, 1.165) is 10.5 Å². The van der Waals surface area contributed by atoms with Crippen LogP contribution in [-0.4, -0.2) is 35.2 Å². The van der Waals surface area contributed by atoms with Crippen molar-refractivity contribution < 1.29 is 19.2 Å². The zero-order chi connectivity index (χ0) is 32.5. The molecule has 10 heteroatoms. The number of hydrogen-bond acceptors (Lipinski definition) is 6. The Labute approximate surface area is 271 Å². The molecule has 232 valence electrons. The molecule has 9 nitrogen and oxygen atoms in total. The highest BCUT2D eigenvalue weighted by Gasteiger charge is 2.26. The minimum Gasteiger partial charge on any atom is -0.321 e. The van der Waals surface area contributed by atoms with Gasteiger partial charge < -0.3 is 16.0 Å². The summed E-state index contributed by atoms with van der Waals surface area (Å²) in [4.78, 5) is 52.0. The number of rotatable bonds is 10. The lowest BCUT2D eigenvalue weighted by Gasteiger charge is -2.12. The fourth-order valence-corrected chi connectivity index (χ4v) is 5.23. The molecule has 4 aromatic carbocycles. The van der Waals surface area contributed by atoms with Crippen LogP contribution in [0.15, 0.2) is 125 Å². The van der Waals surface area contributed by atoms with Gasteiger partial charge in [-0.05, 0) is 71.7 Å². The van der Waals surface area contributed by atoms with Gasteiger partial charge in [0.2, 0.25) is 5.91 Å². The minimum absolute atomic E-state index is 0.0190. The number of hydrazone groups is 1. The Morgan fingerprint density at radius 3 is 2.15 bits per heavy atom. The van der Waals surface area contributed by atoms with E-state index in [1.54, 1.807) is 66.7 Å². The molecular formula is C36H33N5O4S. The monoisotopic (exact) mass is 631 g/mol. The number of benzene rings is 4. The number of amidine groups is 1. The quantitative estimate of drug-likeness (QED) is 0.143. The second-order valence-electron chi connectivity index (χ2n) is 10.8. The van der Waals surface area contributed by atoms with Crippen molar-refractivity contribution in [1.82, 2.24) is 10.6 Å². The van der Waals surface area contributed by atoms with Crippen molar-refractivity contribution in [2.45, 2.75) is 31.1 Å². The SMILES string of the molecule is CC(C)c1ccc(/C=C(\NC(=O)c2ccccc2)C(=O)Nc2ccc(SCC(=O)NC3=NN(c4ccccc4)C(=O)C3)cc2)cc1. The van der Waals surface area contributed by atoms with E-state index in [-0.39, 0.29) is 29.7 Å². The van der Waals surface area contributed by atoms with Gasteiger partial charge in [0.25, 0.3) is 17.7 Å². The number of thioether (sulfide) groups is 1. The topological polar surface area (TPSA) is 120 Å². The van der Waals surface area contributed by atoms with Crippen LogP contribution in [0, 0.1) is 0 Å². The predicted molar refractivity (Wildman–Crippen MR) is 182 cm³/mol. The maximum Gasteiger partial charge on any atom is 0.272 e. The van der Waals surface area contributed by atoms with E-state index < -0.39 is 11.8 Å². The van der Waals surface area contributed by atoms with Crippen molar-refractivity contribution in [3.8, 4) is 0 Å². The van der Waals surface area contributed by atoms with E-state index in [2.05, 4.69) is 34.9 Å². The van der Waals surface area contributed by atoms with E-state index in [0.29, 0.717) is 28.7 Å². The van der Waals surface area contributed by atoms with Crippen LogP contribution in [-0.2, 0) is 14.4 Å². The summed E-state index contributed by atoms with van der Waals surface area (Å²) in [5.41, 5.74) is 3.63. The number of nitrogens with zero attached hydrogens (tertiary/aromatic N) is 2. The van der Waals surface area contributed by atoms with Gasteiger partial charge in [-0.15, -0.1) is 11.8 Å². The average Bonchev–Trinajstić information content (AvgIpc) is 3.44. The van der Waals surface area contributed by atoms with Crippen molar-refractivity contribution in [2.24, 2.45) is 5.10 Å². The molecule has 1 heterocycles. The van der Waals surface area contributed by atoms with Crippen LogP contribution in [0.3, 0.4) is 0 Å². The van der Waals surface area contributed by atoms with E-state index in [1.807, 2.05) is 48.5 Å². The van der Waals surface area contributed by atoms with Crippen LogP contribution in [0.1, 0.15) is 47.7 Å². The Balaban J connectivity index is 1.19. The number of amides is 4. The second-order valence-corrected chi connectivity index (χ2v) is 11.8. The molecule has 0 saturated carbocycles. The van der Waals surface area contributed by atoms with E-state index in [4.69, 9.17) is 0 Å². The molecular weight excluding hydrogens is 598 g/mol. The molecule has 0 bridgehead atoms. The summed E-state index contributed by atoms with van der Waals surface area (Å²) in [5.74, 6) is -0.593. The number of anilines is 2. The molecule has 0 atom stereocenters. The van der Waals surface area contributed by atoms with Crippen molar-refractivity contribution in [1.29, 1.82) is 0 Å². The molecule has 46 heavy (non-hydrogen) atoms. The van der Waals surface area contributed by atoms with Gasteiger partial charge in [-0.25, -0.2) is 0 Å². The molecule has 0 aliphatic carbocycles. The Morgan fingerprint density at radius 2 is 1.50 bits per heavy atom. The van der Waals surface area contributed by atoms with Crippen molar-refractivity contribution in [3.05, 3.63) is 132 Å². The van der Waals surface area contributed by atoms with Gasteiger partial charge in [0.15, 0.2) is 0 Å². The Kier molecular flexibility index (Phi) is 10.4. The maximum atomic E-state index is 13.4. The molecule has 0 saturated heterocycles. The number of hydrogen-bond donors (Lipinski definition) is 3. The van der Waals surface area contributed by atoms with Gasteiger partial charge in [0.05, 0.1) is 17.9 Å². The molecule has 4 aromatic rings. The van der Waals surface area contributed by atoms with Crippen molar-refractivity contribution in [2.75, 3.05) is 16.1 Å². The first-order valence-corrected chi connectivity index (χ1v) is 15.7. The van der Waals surface area contributed by atoms with Crippen LogP contribution >= 0.6 is 11.8 Å². The molecule has 0 radical (unpaired) electrons. The zero-order valence-corrected chi connectivity index (χ0v) is 26.2. The lowest BCUT2D eigenvalue weighted by atomic mass is 10.0. The summed E-state index contributed by atoms with van der Waals surface area (Å²) in [6, 6.07) is 32.6. The third-order valence-corrected chi connectivity index (χ3v) is 8.00. The molecule has 0 fully saturated rings. The third kappa shape index (κ3) is 8.58. The lowest BCUT2D eigenvalue weighted by molar-refractivity contribution is -0.117. The second kappa shape index (κ2) is 15.0. The molecule has 0 aromatic heterocycles. The van der Waals surface area contributed by atoms with Gasteiger partial charge >= 0.3 is 0 Å².